The Bertz CT molecular complexity index is 895. The zero-order chi connectivity index (χ0) is 21.8. The minimum Gasteiger partial charge on any atom is -0.389 e. The number of β-amino-alcohol motifs (C(OH)–C–C–N with tert-alkyl or cyclic N) is 1. The molecule has 2 amide bonds. The predicted octanol–water partition coefficient (Wildman–Crippen LogP) is 2.06. The first kappa shape index (κ1) is 21.8. The second kappa shape index (κ2) is 9.82. The number of hydrogen-bond donors (Lipinski definition) is 2. The van der Waals surface area contributed by atoms with E-state index in [4.69, 9.17) is 9.47 Å². The molecule has 8 nitrogen and oxygen atoms in total. The average Bonchev–Trinajstić information content (AvgIpc) is 3.24. The molecule has 2 saturated heterocycles. The molecule has 166 valence electrons. The summed E-state index contributed by atoms with van der Waals surface area (Å²) in [5.41, 5.74) is 0.346. The Morgan fingerprint density at radius 1 is 1.26 bits per heavy atom. The Morgan fingerprint density at radius 3 is 2.81 bits per heavy atom. The third kappa shape index (κ3) is 5.45. The molecular weight excluding hydrogens is 425 g/mol. The summed E-state index contributed by atoms with van der Waals surface area (Å²) < 4.78 is 25.0. The SMILES string of the molecule is O=C(C[C@H]1CC[C@@H]2[C@H](COC[C@H](O)CN2C(=O)c2ccc(F)cc2)O1)Nc1nccs1. The van der Waals surface area contributed by atoms with Crippen LogP contribution in [0.5, 0.6) is 0 Å². The minimum absolute atomic E-state index is 0.0784. The Morgan fingerprint density at radius 2 is 2.06 bits per heavy atom. The maximum atomic E-state index is 13.3. The number of benzene rings is 1. The summed E-state index contributed by atoms with van der Waals surface area (Å²) in [6, 6.07) is 5.03. The van der Waals surface area contributed by atoms with Gasteiger partial charge < -0.3 is 24.8 Å². The smallest absolute Gasteiger partial charge is 0.254 e. The maximum Gasteiger partial charge on any atom is 0.254 e. The number of aromatic nitrogens is 1. The van der Waals surface area contributed by atoms with Gasteiger partial charge in [-0.15, -0.1) is 11.3 Å². The standard InChI is InChI=1S/C21H24FN3O5S/c22-14-3-1-13(2-4-14)20(28)25-10-15(26)11-29-12-18-17(25)6-5-16(30-18)9-19(27)24-21-23-7-8-31-21/h1-4,7-8,15-18,26H,5-6,9-12H2,(H,23,24,27)/t15-,16-,17-,18+/m1/s1. The summed E-state index contributed by atoms with van der Waals surface area (Å²) >= 11 is 1.34. The summed E-state index contributed by atoms with van der Waals surface area (Å²) in [4.78, 5) is 31.1. The molecule has 2 aliphatic rings. The third-order valence-electron chi connectivity index (χ3n) is 5.42. The molecule has 2 N–H and O–H groups in total. The molecule has 0 spiro atoms. The fourth-order valence-electron chi connectivity index (χ4n) is 3.99. The van der Waals surface area contributed by atoms with Gasteiger partial charge in [0.05, 0.1) is 37.9 Å². The van der Waals surface area contributed by atoms with Gasteiger partial charge in [-0.05, 0) is 37.1 Å². The van der Waals surface area contributed by atoms with E-state index in [9.17, 15) is 19.1 Å². The average molecular weight is 450 g/mol. The molecule has 31 heavy (non-hydrogen) atoms. The number of carbonyl (C=O) groups is 2. The number of aliphatic hydroxyl groups is 1. The van der Waals surface area contributed by atoms with Crippen molar-refractivity contribution in [1.82, 2.24) is 9.88 Å². The maximum absolute atomic E-state index is 13.3. The molecule has 0 unspecified atom stereocenters. The molecule has 0 bridgehead atoms. The first-order chi connectivity index (χ1) is 15.0. The van der Waals surface area contributed by atoms with E-state index >= 15 is 0 Å². The van der Waals surface area contributed by atoms with Gasteiger partial charge in [0.2, 0.25) is 5.91 Å². The van der Waals surface area contributed by atoms with Crippen LogP contribution in [0.3, 0.4) is 0 Å². The molecule has 2 fully saturated rings. The molecule has 4 atom stereocenters. The van der Waals surface area contributed by atoms with Crippen molar-refractivity contribution in [2.24, 2.45) is 0 Å². The molecule has 1 aromatic carbocycles. The van der Waals surface area contributed by atoms with E-state index in [2.05, 4.69) is 10.3 Å². The Labute approximate surface area is 183 Å². The highest BCUT2D eigenvalue weighted by molar-refractivity contribution is 7.13. The van der Waals surface area contributed by atoms with E-state index in [-0.39, 0.29) is 50.1 Å². The summed E-state index contributed by atoms with van der Waals surface area (Å²) in [6.07, 6.45) is 1.41. The number of fused-ring (bicyclic) bond motifs is 1. The topological polar surface area (TPSA) is 101 Å². The zero-order valence-electron chi connectivity index (χ0n) is 16.8. The Kier molecular flexibility index (Phi) is 6.91. The van der Waals surface area contributed by atoms with Gasteiger partial charge in [0.25, 0.3) is 5.91 Å². The van der Waals surface area contributed by atoms with Crippen molar-refractivity contribution in [3.63, 3.8) is 0 Å². The first-order valence-electron chi connectivity index (χ1n) is 10.2. The van der Waals surface area contributed by atoms with Gasteiger partial charge in [0.1, 0.15) is 11.9 Å². The molecular formula is C21H24FN3O5S. The molecule has 0 saturated carbocycles. The monoisotopic (exact) mass is 449 g/mol. The van der Waals surface area contributed by atoms with Crippen LogP contribution < -0.4 is 5.32 Å². The lowest BCUT2D eigenvalue weighted by Crippen LogP contribution is -2.57. The van der Waals surface area contributed by atoms with Gasteiger partial charge in [-0.25, -0.2) is 9.37 Å². The van der Waals surface area contributed by atoms with Crippen molar-refractivity contribution in [2.75, 3.05) is 25.1 Å². The van der Waals surface area contributed by atoms with E-state index < -0.39 is 18.0 Å². The molecule has 0 radical (unpaired) electrons. The van der Waals surface area contributed by atoms with Crippen LogP contribution in [0, 0.1) is 5.82 Å². The van der Waals surface area contributed by atoms with E-state index in [0.717, 1.165) is 0 Å². The highest BCUT2D eigenvalue weighted by Crippen LogP contribution is 2.29. The number of amides is 2. The lowest BCUT2D eigenvalue weighted by atomic mass is 9.94. The number of aliphatic hydroxyl groups excluding tert-OH is 1. The lowest BCUT2D eigenvalue weighted by Gasteiger charge is -2.44. The molecule has 0 aliphatic carbocycles. The second-order valence-electron chi connectivity index (χ2n) is 7.69. The number of nitrogens with zero attached hydrogens (tertiary/aromatic N) is 2. The van der Waals surface area contributed by atoms with Crippen LogP contribution >= 0.6 is 11.3 Å². The number of thiazole rings is 1. The number of hydrogen-bond acceptors (Lipinski definition) is 7. The van der Waals surface area contributed by atoms with Crippen LogP contribution in [-0.4, -0.2) is 70.9 Å². The molecule has 2 aromatic rings. The summed E-state index contributed by atoms with van der Waals surface area (Å²) in [7, 11) is 0. The van der Waals surface area contributed by atoms with Crippen molar-refractivity contribution in [3.8, 4) is 0 Å². The fourth-order valence-corrected chi connectivity index (χ4v) is 4.54. The van der Waals surface area contributed by atoms with Crippen LogP contribution in [0.1, 0.15) is 29.6 Å². The zero-order valence-corrected chi connectivity index (χ0v) is 17.6. The Balaban J connectivity index is 1.44. The van der Waals surface area contributed by atoms with E-state index in [1.165, 1.54) is 35.6 Å². The third-order valence-corrected chi connectivity index (χ3v) is 6.11. The Hall–Kier alpha value is -2.40. The van der Waals surface area contributed by atoms with Crippen molar-refractivity contribution < 1.29 is 28.6 Å². The van der Waals surface area contributed by atoms with Crippen LogP contribution in [0.25, 0.3) is 0 Å². The molecule has 1 aromatic heterocycles. The van der Waals surface area contributed by atoms with Crippen molar-refractivity contribution in [3.05, 3.63) is 47.2 Å². The van der Waals surface area contributed by atoms with Gasteiger partial charge in [-0.1, -0.05) is 0 Å². The molecule has 3 heterocycles. The van der Waals surface area contributed by atoms with Gasteiger partial charge in [-0.2, -0.15) is 0 Å². The number of anilines is 1. The van der Waals surface area contributed by atoms with Crippen LogP contribution in [0.4, 0.5) is 9.52 Å². The van der Waals surface area contributed by atoms with Gasteiger partial charge in [0.15, 0.2) is 5.13 Å². The normalized spacial score (nSPS) is 26.5. The van der Waals surface area contributed by atoms with Crippen molar-refractivity contribution in [2.45, 2.75) is 43.6 Å². The number of nitrogens with one attached hydrogen (secondary N) is 1. The fraction of sp³-hybridized carbons (Fsp3) is 0.476. The predicted molar refractivity (Wildman–Crippen MR) is 111 cm³/mol. The van der Waals surface area contributed by atoms with E-state index in [1.54, 1.807) is 16.5 Å². The van der Waals surface area contributed by atoms with E-state index in [1.807, 2.05) is 0 Å². The number of ether oxygens (including phenoxy) is 2. The van der Waals surface area contributed by atoms with E-state index in [0.29, 0.717) is 23.5 Å². The highest BCUT2D eigenvalue weighted by Gasteiger charge is 2.40. The van der Waals surface area contributed by atoms with Crippen LogP contribution in [0.15, 0.2) is 35.8 Å². The second-order valence-corrected chi connectivity index (χ2v) is 8.58. The first-order valence-corrected chi connectivity index (χ1v) is 11.0. The largest absolute Gasteiger partial charge is 0.389 e. The van der Waals surface area contributed by atoms with Gasteiger partial charge >= 0.3 is 0 Å². The van der Waals surface area contributed by atoms with Crippen molar-refractivity contribution >= 4 is 28.3 Å². The van der Waals surface area contributed by atoms with Crippen LogP contribution in [0.2, 0.25) is 0 Å². The number of halogens is 1. The summed E-state index contributed by atoms with van der Waals surface area (Å²) in [5.74, 6) is -0.894. The van der Waals surface area contributed by atoms with Crippen molar-refractivity contribution in [1.29, 1.82) is 0 Å². The summed E-state index contributed by atoms with van der Waals surface area (Å²) in [5, 5.41) is 15.3. The molecule has 4 rings (SSSR count). The number of rotatable bonds is 4. The molecule has 10 heteroatoms. The van der Waals surface area contributed by atoms with Gasteiger partial charge in [-0.3, -0.25) is 9.59 Å². The quantitative estimate of drug-likeness (QED) is 0.741. The highest BCUT2D eigenvalue weighted by atomic mass is 32.1. The summed E-state index contributed by atoms with van der Waals surface area (Å²) in [6.45, 7) is 0.379. The van der Waals surface area contributed by atoms with Gasteiger partial charge in [0, 0.05) is 23.7 Å². The minimum atomic E-state index is -0.827. The van der Waals surface area contributed by atoms with Crippen LogP contribution in [-0.2, 0) is 14.3 Å². The lowest BCUT2D eigenvalue weighted by molar-refractivity contribution is -0.149. The molecule has 2 aliphatic heterocycles. The number of carbonyl (C=O) groups excluding carboxylic acids is 2.